The van der Waals surface area contributed by atoms with Crippen molar-refractivity contribution in [3.05, 3.63) is 53.9 Å². The molecule has 6 heteroatoms. The Kier molecular flexibility index (Phi) is 4.52. The summed E-state index contributed by atoms with van der Waals surface area (Å²) < 4.78 is 12.7. The van der Waals surface area contributed by atoms with Gasteiger partial charge in [-0.05, 0) is 31.2 Å². The van der Waals surface area contributed by atoms with E-state index in [-0.39, 0.29) is 5.69 Å². The van der Waals surface area contributed by atoms with Crippen LogP contribution in [0.25, 0.3) is 11.5 Å². The number of ether oxygens (including phenoxy) is 1. The Balaban J connectivity index is 1.61. The average molecular weight is 311 g/mol. The number of aryl methyl sites for hydroxylation is 2. The molecule has 0 radical (unpaired) electrons. The van der Waals surface area contributed by atoms with Crippen LogP contribution in [0.3, 0.4) is 0 Å². The minimum Gasteiger partial charge on any atom is -0.494 e. The van der Waals surface area contributed by atoms with Crippen LogP contribution in [0.4, 0.5) is 0 Å². The topological polar surface area (TPSA) is 70.2 Å². The van der Waals surface area contributed by atoms with Gasteiger partial charge in [0.25, 0.3) is 0 Å². The van der Waals surface area contributed by atoms with E-state index in [0.29, 0.717) is 30.9 Å². The standard InChI is InChI=1S/C17H17N3O3/c1-13-5-7-14(8-6-13)22-11-3-9-20-17(15(12-21)18-19-20)16-4-2-10-23-16/h2,4-8,10,12H,3,9,11H2,1H3. The van der Waals surface area contributed by atoms with Crippen molar-refractivity contribution in [3.63, 3.8) is 0 Å². The number of aromatic nitrogens is 3. The van der Waals surface area contributed by atoms with Gasteiger partial charge in [0.05, 0.1) is 12.9 Å². The van der Waals surface area contributed by atoms with Gasteiger partial charge in [-0.3, -0.25) is 4.79 Å². The lowest BCUT2D eigenvalue weighted by Gasteiger charge is -2.07. The van der Waals surface area contributed by atoms with E-state index < -0.39 is 0 Å². The third-order valence-corrected chi connectivity index (χ3v) is 3.43. The molecular weight excluding hydrogens is 294 g/mol. The van der Waals surface area contributed by atoms with Crippen LogP contribution < -0.4 is 4.74 Å². The predicted molar refractivity (Wildman–Crippen MR) is 84.4 cm³/mol. The molecule has 0 aliphatic carbocycles. The summed E-state index contributed by atoms with van der Waals surface area (Å²) in [5, 5.41) is 7.90. The molecule has 0 aliphatic heterocycles. The van der Waals surface area contributed by atoms with Crippen LogP contribution in [0, 0.1) is 6.92 Å². The Morgan fingerprint density at radius 1 is 1.26 bits per heavy atom. The Morgan fingerprint density at radius 3 is 2.78 bits per heavy atom. The first-order valence-electron chi connectivity index (χ1n) is 7.40. The SMILES string of the molecule is Cc1ccc(OCCCn2nnc(C=O)c2-c2ccco2)cc1. The van der Waals surface area contributed by atoms with E-state index in [1.54, 1.807) is 23.1 Å². The molecule has 0 unspecified atom stereocenters. The van der Waals surface area contributed by atoms with E-state index in [0.717, 1.165) is 12.2 Å². The average Bonchev–Trinajstić information content (AvgIpc) is 3.22. The van der Waals surface area contributed by atoms with Gasteiger partial charge in [0, 0.05) is 13.0 Å². The largest absolute Gasteiger partial charge is 0.494 e. The summed E-state index contributed by atoms with van der Waals surface area (Å²) in [6.45, 7) is 3.18. The van der Waals surface area contributed by atoms with Crippen LogP contribution >= 0.6 is 0 Å². The van der Waals surface area contributed by atoms with Crippen molar-refractivity contribution in [2.45, 2.75) is 19.9 Å². The lowest BCUT2D eigenvalue weighted by molar-refractivity contribution is 0.111. The van der Waals surface area contributed by atoms with E-state index in [1.165, 1.54) is 5.56 Å². The molecule has 6 nitrogen and oxygen atoms in total. The summed E-state index contributed by atoms with van der Waals surface area (Å²) in [6, 6.07) is 11.5. The first-order valence-corrected chi connectivity index (χ1v) is 7.40. The highest BCUT2D eigenvalue weighted by Crippen LogP contribution is 2.22. The van der Waals surface area contributed by atoms with Crippen molar-refractivity contribution in [3.8, 4) is 17.2 Å². The van der Waals surface area contributed by atoms with Crippen molar-refractivity contribution in [1.29, 1.82) is 0 Å². The fraction of sp³-hybridized carbons (Fsp3) is 0.235. The lowest BCUT2D eigenvalue weighted by atomic mass is 10.2. The second kappa shape index (κ2) is 6.91. The second-order valence-corrected chi connectivity index (χ2v) is 5.16. The van der Waals surface area contributed by atoms with Gasteiger partial charge in [0.15, 0.2) is 17.7 Å². The van der Waals surface area contributed by atoms with Crippen molar-refractivity contribution < 1.29 is 13.9 Å². The molecule has 3 aromatic rings. The quantitative estimate of drug-likeness (QED) is 0.495. The summed E-state index contributed by atoms with van der Waals surface area (Å²) in [7, 11) is 0. The summed E-state index contributed by atoms with van der Waals surface area (Å²) in [4.78, 5) is 11.1. The van der Waals surface area contributed by atoms with E-state index in [9.17, 15) is 4.79 Å². The number of nitrogens with zero attached hydrogens (tertiary/aromatic N) is 3. The van der Waals surface area contributed by atoms with Gasteiger partial charge < -0.3 is 9.15 Å². The molecule has 0 atom stereocenters. The summed E-state index contributed by atoms with van der Waals surface area (Å²) in [6.07, 6.45) is 2.98. The van der Waals surface area contributed by atoms with Crippen LogP contribution in [0.15, 0.2) is 47.1 Å². The fourth-order valence-corrected chi connectivity index (χ4v) is 2.27. The number of carbonyl (C=O) groups is 1. The summed E-state index contributed by atoms with van der Waals surface area (Å²) in [5.74, 6) is 1.42. The summed E-state index contributed by atoms with van der Waals surface area (Å²) in [5.41, 5.74) is 2.07. The molecule has 0 saturated heterocycles. The Hall–Kier alpha value is -2.89. The summed E-state index contributed by atoms with van der Waals surface area (Å²) >= 11 is 0. The van der Waals surface area contributed by atoms with Crippen molar-refractivity contribution >= 4 is 6.29 Å². The molecule has 23 heavy (non-hydrogen) atoms. The molecule has 0 spiro atoms. The molecule has 0 amide bonds. The minimum atomic E-state index is 0.277. The minimum absolute atomic E-state index is 0.277. The Morgan fingerprint density at radius 2 is 2.09 bits per heavy atom. The molecule has 0 bridgehead atoms. The number of carbonyl (C=O) groups excluding carboxylic acids is 1. The maximum Gasteiger partial charge on any atom is 0.172 e. The molecule has 0 N–H and O–H groups in total. The number of aldehydes is 1. The van der Waals surface area contributed by atoms with E-state index in [2.05, 4.69) is 10.3 Å². The van der Waals surface area contributed by atoms with Crippen molar-refractivity contribution in [1.82, 2.24) is 15.0 Å². The normalized spacial score (nSPS) is 10.7. The maximum atomic E-state index is 11.1. The number of benzene rings is 1. The molecular formula is C17H17N3O3. The third-order valence-electron chi connectivity index (χ3n) is 3.43. The van der Waals surface area contributed by atoms with Gasteiger partial charge in [0.2, 0.25) is 0 Å². The van der Waals surface area contributed by atoms with Crippen LogP contribution in [0.1, 0.15) is 22.5 Å². The van der Waals surface area contributed by atoms with E-state index in [4.69, 9.17) is 9.15 Å². The zero-order valence-corrected chi connectivity index (χ0v) is 12.8. The predicted octanol–water partition coefficient (Wildman–Crippen LogP) is 3.13. The van der Waals surface area contributed by atoms with Gasteiger partial charge in [-0.1, -0.05) is 22.9 Å². The van der Waals surface area contributed by atoms with Crippen LogP contribution in [0.5, 0.6) is 5.75 Å². The van der Waals surface area contributed by atoms with Gasteiger partial charge in [0.1, 0.15) is 11.4 Å². The zero-order valence-electron chi connectivity index (χ0n) is 12.8. The molecule has 0 saturated carbocycles. The second-order valence-electron chi connectivity index (χ2n) is 5.16. The molecule has 2 heterocycles. The monoisotopic (exact) mass is 311 g/mol. The van der Waals surface area contributed by atoms with Crippen molar-refractivity contribution in [2.24, 2.45) is 0 Å². The number of furan rings is 1. The highest BCUT2D eigenvalue weighted by Gasteiger charge is 2.16. The number of hydrogen-bond acceptors (Lipinski definition) is 5. The lowest BCUT2D eigenvalue weighted by Crippen LogP contribution is -2.07. The third kappa shape index (κ3) is 3.48. The number of hydrogen-bond donors (Lipinski definition) is 0. The highest BCUT2D eigenvalue weighted by atomic mass is 16.5. The van der Waals surface area contributed by atoms with E-state index in [1.807, 2.05) is 31.2 Å². The van der Waals surface area contributed by atoms with Crippen LogP contribution in [0.2, 0.25) is 0 Å². The van der Waals surface area contributed by atoms with Crippen LogP contribution in [-0.4, -0.2) is 27.9 Å². The molecule has 2 aromatic heterocycles. The molecule has 0 aliphatic rings. The van der Waals surface area contributed by atoms with E-state index >= 15 is 0 Å². The highest BCUT2D eigenvalue weighted by molar-refractivity contribution is 5.81. The first-order chi connectivity index (χ1) is 11.3. The first kappa shape index (κ1) is 15.0. The molecule has 118 valence electrons. The van der Waals surface area contributed by atoms with Gasteiger partial charge in [-0.25, -0.2) is 4.68 Å². The molecule has 3 rings (SSSR count). The molecule has 1 aromatic carbocycles. The van der Waals surface area contributed by atoms with Crippen molar-refractivity contribution in [2.75, 3.05) is 6.61 Å². The fourth-order valence-electron chi connectivity index (χ4n) is 2.27. The zero-order chi connectivity index (χ0) is 16.1. The Bertz CT molecular complexity index is 761. The van der Waals surface area contributed by atoms with Crippen LogP contribution in [-0.2, 0) is 6.54 Å². The number of rotatable bonds is 7. The van der Waals surface area contributed by atoms with Gasteiger partial charge in [-0.15, -0.1) is 5.10 Å². The smallest absolute Gasteiger partial charge is 0.172 e. The maximum absolute atomic E-state index is 11.1. The van der Waals surface area contributed by atoms with Gasteiger partial charge >= 0.3 is 0 Å². The molecule has 0 fully saturated rings. The Labute approximate surface area is 133 Å². The van der Waals surface area contributed by atoms with Gasteiger partial charge in [-0.2, -0.15) is 0 Å².